The highest BCUT2D eigenvalue weighted by Gasteiger charge is 2.10. The topological polar surface area (TPSA) is 50.9 Å². The second-order valence-corrected chi connectivity index (χ2v) is 4.93. The van der Waals surface area contributed by atoms with Crippen LogP contribution in [0.1, 0.15) is 0 Å². The highest BCUT2D eigenvalue weighted by molar-refractivity contribution is 7.17. The first-order chi connectivity index (χ1) is 9.13. The fourth-order valence-corrected chi connectivity index (χ4v) is 2.52. The lowest BCUT2D eigenvalue weighted by atomic mass is 10.2. The smallest absolute Gasteiger partial charge is 0.169 e. The van der Waals surface area contributed by atoms with Crippen LogP contribution in [-0.4, -0.2) is 4.98 Å². The second kappa shape index (κ2) is 4.47. The van der Waals surface area contributed by atoms with Gasteiger partial charge in [0.1, 0.15) is 0 Å². The van der Waals surface area contributed by atoms with E-state index in [1.807, 2.05) is 23.6 Å². The summed E-state index contributed by atoms with van der Waals surface area (Å²) < 4.78 is 27.7. The standard InChI is InChI=1S/C13H9F2N3S/c14-9-6-10(15)13(18-12(9)16)17-8-1-2-11-7(5-8)3-4-19-11/h1-6H,(H3,16,17,18). The molecule has 0 fully saturated rings. The van der Waals surface area contributed by atoms with Crippen molar-refractivity contribution in [3.63, 3.8) is 0 Å². The molecule has 0 amide bonds. The van der Waals surface area contributed by atoms with Crippen molar-refractivity contribution in [1.29, 1.82) is 0 Å². The van der Waals surface area contributed by atoms with E-state index in [0.29, 0.717) is 11.8 Å². The number of benzene rings is 1. The van der Waals surface area contributed by atoms with Crippen molar-refractivity contribution in [3.05, 3.63) is 47.3 Å². The van der Waals surface area contributed by atoms with Gasteiger partial charge in [0.25, 0.3) is 0 Å². The van der Waals surface area contributed by atoms with Gasteiger partial charge in [-0.05, 0) is 35.0 Å². The molecule has 3 rings (SSSR count). The van der Waals surface area contributed by atoms with E-state index in [1.54, 1.807) is 17.4 Å². The zero-order valence-electron chi connectivity index (χ0n) is 9.65. The number of nitrogens with one attached hydrogen (secondary N) is 1. The van der Waals surface area contributed by atoms with Crippen LogP contribution in [0.5, 0.6) is 0 Å². The van der Waals surface area contributed by atoms with Crippen molar-refractivity contribution < 1.29 is 8.78 Å². The number of hydrogen-bond acceptors (Lipinski definition) is 4. The normalized spacial score (nSPS) is 10.8. The van der Waals surface area contributed by atoms with Gasteiger partial charge in [-0.2, -0.15) is 0 Å². The molecule has 0 unspecified atom stereocenters. The van der Waals surface area contributed by atoms with E-state index in [0.717, 1.165) is 10.1 Å². The summed E-state index contributed by atoms with van der Waals surface area (Å²) in [7, 11) is 0. The molecule has 0 saturated carbocycles. The van der Waals surface area contributed by atoms with Crippen LogP contribution in [0.3, 0.4) is 0 Å². The molecular formula is C13H9F2N3S. The van der Waals surface area contributed by atoms with E-state index >= 15 is 0 Å². The van der Waals surface area contributed by atoms with Crippen LogP contribution in [0.25, 0.3) is 10.1 Å². The summed E-state index contributed by atoms with van der Waals surface area (Å²) in [6.45, 7) is 0. The zero-order chi connectivity index (χ0) is 13.4. The fourth-order valence-electron chi connectivity index (χ4n) is 1.75. The summed E-state index contributed by atoms with van der Waals surface area (Å²) in [5, 5.41) is 5.82. The highest BCUT2D eigenvalue weighted by Crippen LogP contribution is 2.26. The Kier molecular flexibility index (Phi) is 2.79. The number of pyridine rings is 1. The van der Waals surface area contributed by atoms with Crippen LogP contribution in [0.2, 0.25) is 0 Å². The average Bonchev–Trinajstić information content (AvgIpc) is 2.83. The van der Waals surface area contributed by atoms with Crippen LogP contribution in [0, 0.1) is 11.6 Å². The molecule has 0 radical (unpaired) electrons. The molecule has 96 valence electrons. The maximum Gasteiger partial charge on any atom is 0.169 e. The van der Waals surface area contributed by atoms with Crippen molar-refractivity contribution in [3.8, 4) is 0 Å². The van der Waals surface area contributed by atoms with Crippen LogP contribution in [0.15, 0.2) is 35.7 Å². The van der Waals surface area contributed by atoms with Crippen molar-refractivity contribution in [1.82, 2.24) is 4.98 Å². The maximum atomic E-state index is 13.6. The number of anilines is 3. The van der Waals surface area contributed by atoms with Gasteiger partial charge in [-0.25, -0.2) is 13.8 Å². The molecule has 3 N–H and O–H groups in total. The van der Waals surface area contributed by atoms with Gasteiger partial charge < -0.3 is 11.1 Å². The molecule has 1 aromatic carbocycles. The number of halogens is 2. The maximum absolute atomic E-state index is 13.6. The quantitative estimate of drug-likeness (QED) is 0.747. The first-order valence-corrected chi connectivity index (χ1v) is 6.37. The van der Waals surface area contributed by atoms with Crippen molar-refractivity contribution in [2.45, 2.75) is 0 Å². The number of nitrogen functional groups attached to an aromatic ring is 1. The molecule has 0 saturated heterocycles. The first-order valence-electron chi connectivity index (χ1n) is 5.49. The Morgan fingerprint density at radius 3 is 2.79 bits per heavy atom. The second-order valence-electron chi connectivity index (χ2n) is 3.98. The molecule has 3 aromatic rings. The Labute approximate surface area is 111 Å². The summed E-state index contributed by atoms with van der Waals surface area (Å²) >= 11 is 1.62. The van der Waals surface area contributed by atoms with Gasteiger partial charge in [-0.3, -0.25) is 0 Å². The molecule has 0 atom stereocenters. The fraction of sp³-hybridized carbons (Fsp3) is 0. The zero-order valence-corrected chi connectivity index (χ0v) is 10.5. The molecule has 6 heteroatoms. The van der Waals surface area contributed by atoms with Crippen LogP contribution in [0.4, 0.5) is 26.1 Å². The number of nitrogens with two attached hydrogens (primary N) is 1. The molecule has 0 aliphatic carbocycles. The van der Waals surface area contributed by atoms with Gasteiger partial charge in [-0.15, -0.1) is 11.3 Å². The molecule has 0 aliphatic heterocycles. The van der Waals surface area contributed by atoms with Gasteiger partial charge in [-0.1, -0.05) is 0 Å². The van der Waals surface area contributed by atoms with Gasteiger partial charge in [0, 0.05) is 16.5 Å². The Bertz CT molecular complexity index is 755. The van der Waals surface area contributed by atoms with E-state index in [9.17, 15) is 8.78 Å². The third-order valence-electron chi connectivity index (χ3n) is 2.67. The molecule has 2 aromatic heterocycles. The molecule has 19 heavy (non-hydrogen) atoms. The Morgan fingerprint density at radius 1 is 1.11 bits per heavy atom. The highest BCUT2D eigenvalue weighted by atomic mass is 32.1. The summed E-state index contributed by atoms with van der Waals surface area (Å²) in [6.07, 6.45) is 0. The van der Waals surface area contributed by atoms with E-state index in [1.165, 1.54) is 0 Å². The molecule has 0 aliphatic rings. The lowest BCUT2D eigenvalue weighted by Gasteiger charge is -2.08. The predicted octanol–water partition coefficient (Wildman–Crippen LogP) is 3.90. The third kappa shape index (κ3) is 2.22. The van der Waals surface area contributed by atoms with E-state index < -0.39 is 11.6 Å². The lowest BCUT2D eigenvalue weighted by Crippen LogP contribution is -2.02. The summed E-state index contributed by atoms with van der Waals surface area (Å²) in [4.78, 5) is 3.65. The van der Waals surface area contributed by atoms with Crippen LogP contribution >= 0.6 is 11.3 Å². The minimum Gasteiger partial charge on any atom is -0.381 e. The number of fused-ring (bicyclic) bond motifs is 1. The van der Waals surface area contributed by atoms with Gasteiger partial charge >= 0.3 is 0 Å². The Balaban J connectivity index is 1.98. The lowest BCUT2D eigenvalue weighted by molar-refractivity contribution is 0.581. The van der Waals surface area contributed by atoms with Gasteiger partial charge in [0.05, 0.1) is 0 Å². The molecular weight excluding hydrogens is 268 g/mol. The number of hydrogen-bond donors (Lipinski definition) is 2. The van der Waals surface area contributed by atoms with Crippen LogP contribution in [-0.2, 0) is 0 Å². The summed E-state index contributed by atoms with van der Waals surface area (Å²) in [5.74, 6) is -2.07. The van der Waals surface area contributed by atoms with Gasteiger partial charge in [0.15, 0.2) is 23.3 Å². The first kappa shape index (κ1) is 11.9. The SMILES string of the molecule is Nc1nc(Nc2ccc3sccc3c2)c(F)cc1F. The van der Waals surface area contributed by atoms with Crippen LogP contribution < -0.4 is 11.1 Å². The molecule has 0 spiro atoms. The third-order valence-corrected chi connectivity index (χ3v) is 3.57. The molecule has 2 heterocycles. The minimum atomic E-state index is -0.865. The number of aromatic nitrogens is 1. The minimum absolute atomic E-state index is 0.0894. The van der Waals surface area contributed by atoms with Crippen molar-refractivity contribution >= 4 is 38.7 Å². The largest absolute Gasteiger partial charge is 0.381 e. The van der Waals surface area contributed by atoms with E-state index in [-0.39, 0.29) is 11.6 Å². The summed E-state index contributed by atoms with van der Waals surface area (Å²) in [6, 6.07) is 8.28. The van der Waals surface area contributed by atoms with Crippen molar-refractivity contribution in [2.75, 3.05) is 11.1 Å². The number of thiophene rings is 1. The molecule has 0 bridgehead atoms. The number of nitrogens with zero attached hydrogens (tertiary/aromatic N) is 1. The monoisotopic (exact) mass is 277 g/mol. The summed E-state index contributed by atoms with van der Waals surface area (Å²) in [5.41, 5.74) is 6.00. The van der Waals surface area contributed by atoms with Crippen molar-refractivity contribution in [2.24, 2.45) is 0 Å². The predicted molar refractivity (Wildman–Crippen MR) is 73.7 cm³/mol. The molecule has 3 nitrogen and oxygen atoms in total. The average molecular weight is 277 g/mol. The Morgan fingerprint density at radius 2 is 1.95 bits per heavy atom. The van der Waals surface area contributed by atoms with E-state index in [2.05, 4.69) is 10.3 Å². The van der Waals surface area contributed by atoms with Gasteiger partial charge in [0.2, 0.25) is 0 Å². The number of rotatable bonds is 2. The Hall–Kier alpha value is -2.21. The van der Waals surface area contributed by atoms with E-state index in [4.69, 9.17) is 5.73 Å².